The molecule has 0 atom stereocenters. The number of aromatic amines is 1. The maximum Gasteiger partial charge on any atom is 0.257 e. The number of carbonyl (C=O) groups is 1. The van der Waals surface area contributed by atoms with Crippen molar-refractivity contribution in [2.45, 2.75) is 6.92 Å². The summed E-state index contributed by atoms with van der Waals surface area (Å²) in [5.41, 5.74) is 6.86. The molecular formula is C12H12ClN5O2. The van der Waals surface area contributed by atoms with E-state index >= 15 is 0 Å². The number of anilines is 1. The Hall–Kier alpha value is -2.54. The van der Waals surface area contributed by atoms with Crippen molar-refractivity contribution < 1.29 is 10.0 Å². The van der Waals surface area contributed by atoms with Gasteiger partial charge in [0.25, 0.3) is 5.91 Å². The second-order valence-electron chi connectivity index (χ2n) is 4.01. The molecule has 8 heteroatoms. The zero-order valence-corrected chi connectivity index (χ0v) is 11.3. The number of benzene rings is 1. The summed E-state index contributed by atoms with van der Waals surface area (Å²) in [5, 5.41) is 20.9. The third-order valence-corrected chi connectivity index (χ3v) is 3.18. The van der Waals surface area contributed by atoms with Crippen LogP contribution < -0.4 is 11.1 Å². The van der Waals surface area contributed by atoms with E-state index in [0.717, 1.165) is 0 Å². The van der Waals surface area contributed by atoms with Crippen LogP contribution in [0.3, 0.4) is 0 Å². The fourth-order valence-electron chi connectivity index (χ4n) is 1.66. The highest BCUT2D eigenvalue weighted by atomic mass is 35.5. The largest absolute Gasteiger partial charge is 0.409 e. The number of amides is 1. The maximum atomic E-state index is 12.2. The molecule has 2 rings (SSSR count). The Morgan fingerprint density at radius 2 is 2.25 bits per heavy atom. The number of halogens is 1. The molecule has 20 heavy (non-hydrogen) atoms. The third-order valence-electron chi connectivity index (χ3n) is 2.77. The van der Waals surface area contributed by atoms with Crippen LogP contribution in [0, 0.1) is 6.92 Å². The number of carbonyl (C=O) groups excluding carboxylic acids is 1. The van der Waals surface area contributed by atoms with Gasteiger partial charge >= 0.3 is 0 Å². The van der Waals surface area contributed by atoms with Crippen LogP contribution >= 0.6 is 11.6 Å². The lowest BCUT2D eigenvalue weighted by molar-refractivity contribution is 0.102. The second-order valence-corrected chi connectivity index (χ2v) is 4.42. The van der Waals surface area contributed by atoms with E-state index in [-0.39, 0.29) is 17.6 Å². The lowest BCUT2D eigenvalue weighted by Crippen LogP contribution is -2.19. The highest BCUT2D eigenvalue weighted by Gasteiger charge is 2.15. The average molecular weight is 294 g/mol. The monoisotopic (exact) mass is 293 g/mol. The van der Waals surface area contributed by atoms with Gasteiger partial charge in [0.2, 0.25) is 0 Å². The SMILES string of the molecule is Cc1c(Cl)cccc1C(=O)Nc1[nH]ncc1/C(N)=N/O. The van der Waals surface area contributed by atoms with E-state index in [1.54, 1.807) is 25.1 Å². The Morgan fingerprint density at radius 3 is 2.95 bits per heavy atom. The molecule has 0 fully saturated rings. The summed E-state index contributed by atoms with van der Waals surface area (Å²) in [6, 6.07) is 5.03. The van der Waals surface area contributed by atoms with Crippen molar-refractivity contribution in [3.63, 3.8) is 0 Å². The van der Waals surface area contributed by atoms with E-state index in [2.05, 4.69) is 20.7 Å². The number of aromatic nitrogens is 2. The number of nitrogens with zero attached hydrogens (tertiary/aromatic N) is 2. The average Bonchev–Trinajstić information content (AvgIpc) is 2.89. The summed E-state index contributed by atoms with van der Waals surface area (Å²) in [6.07, 6.45) is 1.34. The van der Waals surface area contributed by atoms with Gasteiger partial charge in [-0.1, -0.05) is 22.8 Å². The van der Waals surface area contributed by atoms with Crippen LogP contribution in [-0.2, 0) is 0 Å². The van der Waals surface area contributed by atoms with E-state index in [1.807, 2.05) is 0 Å². The number of hydrogen-bond acceptors (Lipinski definition) is 4. The Morgan fingerprint density at radius 1 is 1.50 bits per heavy atom. The molecule has 0 radical (unpaired) electrons. The molecule has 7 nitrogen and oxygen atoms in total. The number of hydrogen-bond donors (Lipinski definition) is 4. The zero-order chi connectivity index (χ0) is 14.7. The second kappa shape index (κ2) is 5.62. The van der Waals surface area contributed by atoms with Crippen LogP contribution in [0.4, 0.5) is 5.82 Å². The van der Waals surface area contributed by atoms with Crippen molar-refractivity contribution in [3.05, 3.63) is 46.1 Å². The Kier molecular flexibility index (Phi) is 3.90. The molecule has 2 aromatic rings. The van der Waals surface area contributed by atoms with Gasteiger partial charge in [0.15, 0.2) is 5.84 Å². The van der Waals surface area contributed by atoms with Gasteiger partial charge in [0.05, 0.1) is 11.8 Å². The smallest absolute Gasteiger partial charge is 0.257 e. The summed E-state index contributed by atoms with van der Waals surface area (Å²) in [6.45, 7) is 1.74. The highest BCUT2D eigenvalue weighted by molar-refractivity contribution is 6.32. The highest BCUT2D eigenvalue weighted by Crippen LogP contribution is 2.20. The minimum atomic E-state index is -0.374. The summed E-state index contributed by atoms with van der Waals surface area (Å²) >= 11 is 5.97. The van der Waals surface area contributed by atoms with E-state index in [1.165, 1.54) is 6.20 Å². The lowest BCUT2D eigenvalue weighted by atomic mass is 10.1. The van der Waals surface area contributed by atoms with Crippen LogP contribution in [0.15, 0.2) is 29.6 Å². The topological polar surface area (TPSA) is 116 Å². The van der Waals surface area contributed by atoms with Crippen LogP contribution in [-0.4, -0.2) is 27.1 Å². The van der Waals surface area contributed by atoms with Gasteiger partial charge in [-0.25, -0.2) is 0 Å². The van der Waals surface area contributed by atoms with E-state index < -0.39 is 0 Å². The molecule has 0 saturated carbocycles. The van der Waals surface area contributed by atoms with Gasteiger partial charge in [-0.3, -0.25) is 9.89 Å². The Balaban J connectivity index is 2.29. The molecule has 1 aromatic heterocycles. The molecule has 0 unspecified atom stereocenters. The number of nitrogens with one attached hydrogen (secondary N) is 2. The Labute approximate surface area is 119 Å². The van der Waals surface area contributed by atoms with Crippen molar-refractivity contribution in [2.24, 2.45) is 10.9 Å². The van der Waals surface area contributed by atoms with Crippen LogP contribution in [0.25, 0.3) is 0 Å². The molecule has 1 aromatic carbocycles. The molecule has 0 spiro atoms. The van der Waals surface area contributed by atoms with Crippen molar-refractivity contribution in [1.29, 1.82) is 0 Å². The van der Waals surface area contributed by atoms with Gasteiger partial charge in [-0.2, -0.15) is 5.10 Å². The van der Waals surface area contributed by atoms with Crippen LogP contribution in [0.2, 0.25) is 5.02 Å². The fourth-order valence-corrected chi connectivity index (χ4v) is 1.84. The van der Waals surface area contributed by atoms with Crippen molar-refractivity contribution in [1.82, 2.24) is 10.2 Å². The van der Waals surface area contributed by atoms with E-state index in [9.17, 15) is 4.79 Å². The summed E-state index contributed by atoms with van der Waals surface area (Å²) in [7, 11) is 0. The van der Waals surface area contributed by atoms with Gasteiger partial charge < -0.3 is 16.3 Å². The minimum Gasteiger partial charge on any atom is -0.409 e. The predicted octanol–water partition coefficient (Wildman–Crippen LogP) is 1.72. The minimum absolute atomic E-state index is 0.156. The molecular weight excluding hydrogens is 282 g/mol. The number of amidine groups is 1. The summed E-state index contributed by atoms with van der Waals surface area (Å²) in [4.78, 5) is 12.2. The zero-order valence-electron chi connectivity index (χ0n) is 10.5. The van der Waals surface area contributed by atoms with Crippen molar-refractivity contribution in [3.8, 4) is 0 Å². The van der Waals surface area contributed by atoms with Crippen molar-refractivity contribution in [2.75, 3.05) is 5.32 Å². The third kappa shape index (κ3) is 2.57. The molecule has 104 valence electrons. The number of oxime groups is 1. The van der Waals surface area contributed by atoms with Gasteiger partial charge in [0.1, 0.15) is 5.82 Å². The maximum absolute atomic E-state index is 12.2. The van der Waals surface area contributed by atoms with Crippen LogP contribution in [0.1, 0.15) is 21.5 Å². The summed E-state index contributed by atoms with van der Waals surface area (Å²) < 4.78 is 0. The lowest BCUT2D eigenvalue weighted by Gasteiger charge is -2.08. The quantitative estimate of drug-likeness (QED) is 0.298. The molecule has 0 aliphatic carbocycles. The van der Waals surface area contributed by atoms with Gasteiger partial charge in [0, 0.05) is 10.6 Å². The molecule has 1 heterocycles. The molecule has 0 aliphatic rings. The first-order valence-corrected chi connectivity index (χ1v) is 6.00. The first-order chi connectivity index (χ1) is 9.54. The standard InChI is InChI=1S/C12H12ClN5O2/c1-6-7(3-2-4-9(6)13)12(19)16-11-8(5-15-17-11)10(14)18-20/h2-5,20H,1H3,(H2,14,18)(H2,15,16,17,19). The Bertz CT molecular complexity index is 680. The fraction of sp³-hybridized carbons (Fsp3) is 0.0833. The molecule has 5 N–H and O–H groups in total. The van der Waals surface area contributed by atoms with E-state index in [4.69, 9.17) is 22.5 Å². The normalized spacial score (nSPS) is 11.4. The molecule has 1 amide bonds. The predicted molar refractivity (Wildman–Crippen MR) is 75.2 cm³/mol. The van der Waals surface area contributed by atoms with E-state index in [0.29, 0.717) is 21.7 Å². The van der Waals surface area contributed by atoms with Gasteiger partial charge in [-0.15, -0.1) is 0 Å². The van der Waals surface area contributed by atoms with Gasteiger partial charge in [-0.05, 0) is 24.6 Å². The molecule has 0 aliphatic heterocycles. The first kappa shape index (κ1) is 13.9. The molecule has 0 bridgehead atoms. The number of nitrogens with two attached hydrogens (primary N) is 1. The molecule has 0 saturated heterocycles. The van der Waals surface area contributed by atoms with Crippen LogP contribution in [0.5, 0.6) is 0 Å². The number of H-pyrrole nitrogens is 1. The number of rotatable bonds is 3. The van der Waals surface area contributed by atoms with Crippen molar-refractivity contribution >= 4 is 29.2 Å². The first-order valence-electron chi connectivity index (χ1n) is 5.62. The summed E-state index contributed by atoms with van der Waals surface area (Å²) in [5.74, 6) is -0.289.